The van der Waals surface area contributed by atoms with Crippen LogP contribution in [0.25, 0.3) is 6.08 Å². The molecule has 0 saturated heterocycles. The van der Waals surface area contributed by atoms with Gasteiger partial charge in [-0.1, -0.05) is 45.7 Å². The van der Waals surface area contributed by atoms with Gasteiger partial charge in [-0.15, -0.1) is 0 Å². The SMILES string of the molecule is O=C(/C=C/c1ccc(Cl)cc1)c1cc(Br)ccc(=O)c1O. The molecular weight excluding hydrogens is 356 g/mol. The van der Waals surface area contributed by atoms with Gasteiger partial charge in [0.2, 0.25) is 5.43 Å². The minimum absolute atomic E-state index is 0.0536. The first kappa shape index (κ1) is 15.5. The molecule has 106 valence electrons. The second-order valence-electron chi connectivity index (χ2n) is 4.24. The number of hydrogen-bond acceptors (Lipinski definition) is 3. The van der Waals surface area contributed by atoms with Crippen LogP contribution in [0.3, 0.4) is 0 Å². The maximum absolute atomic E-state index is 12.1. The molecule has 2 aromatic rings. The lowest BCUT2D eigenvalue weighted by Crippen LogP contribution is -2.01. The van der Waals surface area contributed by atoms with E-state index in [2.05, 4.69) is 15.9 Å². The van der Waals surface area contributed by atoms with Crippen LogP contribution < -0.4 is 5.43 Å². The third-order valence-corrected chi connectivity index (χ3v) is 3.47. The Hall–Kier alpha value is -1.91. The van der Waals surface area contributed by atoms with Gasteiger partial charge >= 0.3 is 0 Å². The molecule has 0 spiro atoms. The van der Waals surface area contributed by atoms with Crippen molar-refractivity contribution in [3.63, 3.8) is 0 Å². The van der Waals surface area contributed by atoms with Crippen molar-refractivity contribution in [1.82, 2.24) is 0 Å². The summed E-state index contributed by atoms with van der Waals surface area (Å²) in [5, 5.41) is 10.4. The minimum atomic E-state index is -0.607. The molecule has 0 amide bonds. The summed E-state index contributed by atoms with van der Waals surface area (Å²) < 4.78 is 0.531. The molecule has 0 heterocycles. The fraction of sp³-hybridized carbons (Fsp3) is 0. The standard InChI is InChI=1S/C16H10BrClO3/c17-11-4-8-15(20)16(21)13(9-11)14(19)7-3-10-1-5-12(18)6-2-10/h1-9H,(H,20,21)/b7-3+. The molecule has 0 aromatic heterocycles. The quantitative estimate of drug-likeness (QED) is 0.659. The van der Waals surface area contributed by atoms with Gasteiger partial charge in [-0.2, -0.15) is 0 Å². The highest BCUT2D eigenvalue weighted by Crippen LogP contribution is 2.18. The zero-order valence-electron chi connectivity index (χ0n) is 10.7. The molecule has 0 atom stereocenters. The number of halogens is 2. The van der Waals surface area contributed by atoms with Crippen molar-refractivity contribution in [3.05, 3.63) is 79.4 Å². The van der Waals surface area contributed by atoms with Crippen molar-refractivity contribution in [2.24, 2.45) is 0 Å². The molecule has 0 saturated carbocycles. The zero-order valence-corrected chi connectivity index (χ0v) is 13.1. The molecule has 21 heavy (non-hydrogen) atoms. The maximum Gasteiger partial charge on any atom is 0.220 e. The number of rotatable bonds is 3. The first-order valence-corrected chi connectivity index (χ1v) is 7.15. The van der Waals surface area contributed by atoms with Gasteiger partial charge in [0.15, 0.2) is 11.5 Å². The first-order valence-electron chi connectivity index (χ1n) is 5.98. The third-order valence-electron chi connectivity index (χ3n) is 2.73. The Bertz CT molecular complexity index is 767. The lowest BCUT2D eigenvalue weighted by atomic mass is 10.1. The zero-order chi connectivity index (χ0) is 15.4. The smallest absolute Gasteiger partial charge is 0.220 e. The van der Waals surface area contributed by atoms with Crippen LogP contribution in [0.2, 0.25) is 5.02 Å². The van der Waals surface area contributed by atoms with Crippen LogP contribution in [0.1, 0.15) is 15.9 Å². The van der Waals surface area contributed by atoms with Gasteiger partial charge in [0.25, 0.3) is 0 Å². The Morgan fingerprint density at radius 1 is 1.14 bits per heavy atom. The predicted octanol–water partition coefficient (Wildman–Crippen LogP) is 4.06. The summed E-state index contributed by atoms with van der Waals surface area (Å²) in [5.74, 6) is -1.03. The van der Waals surface area contributed by atoms with Gasteiger partial charge in [-0.05, 0) is 42.0 Å². The van der Waals surface area contributed by atoms with Gasteiger partial charge in [-0.25, -0.2) is 0 Å². The number of allylic oxidation sites excluding steroid dienone is 1. The predicted molar refractivity (Wildman–Crippen MR) is 86.9 cm³/mol. The number of carbonyl (C=O) groups is 1. The number of aromatic hydroxyl groups is 1. The second-order valence-corrected chi connectivity index (χ2v) is 5.59. The normalized spacial score (nSPS) is 10.8. The number of hydrogen-bond donors (Lipinski definition) is 1. The van der Waals surface area contributed by atoms with Crippen LogP contribution in [0, 0.1) is 0 Å². The monoisotopic (exact) mass is 364 g/mol. The van der Waals surface area contributed by atoms with Crippen molar-refractivity contribution in [2.75, 3.05) is 0 Å². The molecule has 0 fully saturated rings. The minimum Gasteiger partial charge on any atom is -0.504 e. The van der Waals surface area contributed by atoms with Crippen molar-refractivity contribution < 1.29 is 9.90 Å². The molecule has 0 aliphatic rings. The van der Waals surface area contributed by atoms with Crippen LogP contribution in [0.5, 0.6) is 5.75 Å². The molecule has 5 heteroatoms. The fourth-order valence-corrected chi connectivity index (χ4v) is 2.13. The average molecular weight is 366 g/mol. The van der Waals surface area contributed by atoms with E-state index in [-0.39, 0.29) is 5.56 Å². The summed E-state index contributed by atoms with van der Waals surface area (Å²) in [6.07, 6.45) is 2.88. The molecule has 2 rings (SSSR count). The highest BCUT2D eigenvalue weighted by Gasteiger charge is 2.10. The van der Waals surface area contributed by atoms with E-state index in [0.717, 1.165) is 5.56 Å². The Labute approximate surface area is 134 Å². The first-order chi connectivity index (χ1) is 9.97. The van der Waals surface area contributed by atoms with Crippen LogP contribution in [0.4, 0.5) is 0 Å². The lowest BCUT2D eigenvalue weighted by molar-refractivity contribution is 0.104. The molecule has 0 radical (unpaired) electrons. The van der Waals surface area contributed by atoms with Crippen molar-refractivity contribution >= 4 is 39.4 Å². The maximum atomic E-state index is 12.1. The van der Waals surface area contributed by atoms with E-state index < -0.39 is 17.0 Å². The van der Waals surface area contributed by atoms with Crippen LogP contribution >= 0.6 is 27.5 Å². The van der Waals surface area contributed by atoms with Crippen LogP contribution in [0.15, 0.2) is 57.8 Å². The van der Waals surface area contributed by atoms with E-state index in [4.69, 9.17) is 11.6 Å². The summed E-state index contributed by atoms with van der Waals surface area (Å²) in [7, 11) is 0. The molecule has 0 aliphatic heterocycles. The van der Waals surface area contributed by atoms with Crippen LogP contribution in [-0.2, 0) is 0 Å². The van der Waals surface area contributed by atoms with E-state index in [1.807, 2.05) is 0 Å². The lowest BCUT2D eigenvalue weighted by Gasteiger charge is -1.96. The van der Waals surface area contributed by atoms with Crippen molar-refractivity contribution in [1.29, 1.82) is 0 Å². The Kier molecular flexibility index (Phi) is 4.94. The van der Waals surface area contributed by atoms with E-state index in [1.54, 1.807) is 30.3 Å². The number of benzene rings is 1. The van der Waals surface area contributed by atoms with E-state index in [9.17, 15) is 14.7 Å². The summed E-state index contributed by atoms with van der Waals surface area (Å²) in [6.45, 7) is 0. The Morgan fingerprint density at radius 3 is 2.48 bits per heavy atom. The third kappa shape index (κ3) is 4.03. The highest BCUT2D eigenvalue weighted by atomic mass is 79.9. The molecule has 2 aromatic carbocycles. The summed E-state index contributed by atoms with van der Waals surface area (Å²) in [5.41, 5.74) is 0.125. The van der Waals surface area contributed by atoms with Gasteiger partial charge in [0, 0.05) is 9.50 Å². The largest absolute Gasteiger partial charge is 0.504 e. The van der Waals surface area contributed by atoms with Gasteiger partial charge in [0.1, 0.15) is 0 Å². The van der Waals surface area contributed by atoms with E-state index >= 15 is 0 Å². The molecule has 3 nitrogen and oxygen atoms in total. The fourth-order valence-electron chi connectivity index (χ4n) is 1.64. The van der Waals surface area contributed by atoms with E-state index in [0.29, 0.717) is 9.50 Å². The van der Waals surface area contributed by atoms with Crippen molar-refractivity contribution in [2.45, 2.75) is 0 Å². The van der Waals surface area contributed by atoms with Gasteiger partial charge < -0.3 is 5.11 Å². The molecule has 0 aliphatic carbocycles. The van der Waals surface area contributed by atoms with E-state index in [1.165, 1.54) is 24.3 Å². The summed E-state index contributed by atoms with van der Waals surface area (Å²) in [4.78, 5) is 23.7. The highest BCUT2D eigenvalue weighted by molar-refractivity contribution is 9.10. The second kappa shape index (κ2) is 6.70. The molecular formula is C16H10BrClO3. The molecule has 1 N–H and O–H groups in total. The average Bonchev–Trinajstić information content (AvgIpc) is 2.60. The summed E-state index contributed by atoms with van der Waals surface area (Å²) >= 11 is 8.97. The van der Waals surface area contributed by atoms with Gasteiger partial charge in [-0.3, -0.25) is 9.59 Å². The molecule has 0 unspecified atom stereocenters. The molecule has 0 bridgehead atoms. The Balaban J connectivity index is 2.35. The van der Waals surface area contributed by atoms with Crippen molar-refractivity contribution in [3.8, 4) is 5.75 Å². The Morgan fingerprint density at radius 2 is 1.81 bits per heavy atom. The topological polar surface area (TPSA) is 54.4 Å². The number of carbonyl (C=O) groups excluding carboxylic acids is 1. The summed E-state index contributed by atoms with van der Waals surface area (Å²) in [6, 6.07) is 11.0. The number of ketones is 1. The van der Waals surface area contributed by atoms with Gasteiger partial charge in [0.05, 0.1) is 5.56 Å². The van der Waals surface area contributed by atoms with Crippen LogP contribution in [-0.4, -0.2) is 10.9 Å².